The van der Waals surface area contributed by atoms with E-state index in [9.17, 15) is 0 Å². The highest BCUT2D eigenvalue weighted by molar-refractivity contribution is 5.85. The lowest BCUT2D eigenvalue weighted by molar-refractivity contribution is 0.0890. The Hall–Kier alpha value is -1.61. The molecule has 0 bridgehead atoms. The van der Waals surface area contributed by atoms with Crippen LogP contribution in [-0.4, -0.2) is 19.3 Å². The van der Waals surface area contributed by atoms with Crippen LogP contribution in [0.3, 0.4) is 0 Å². The van der Waals surface area contributed by atoms with E-state index in [1.165, 1.54) is 17.6 Å². The minimum absolute atomic E-state index is 0.213. The van der Waals surface area contributed by atoms with Crippen LogP contribution in [-0.2, 0) is 9.47 Å². The SMILES string of the molecule is CC1(C)C=C(c2ccccc2N=C2COCO2)CC(C)(C)C1. The molecule has 1 aromatic carbocycles. The summed E-state index contributed by atoms with van der Waals surface area (Å²) in [4.78, 5) is 4.66. The number of allylic oxidation sites excluding steroid dienone is 2. The second kappa shape index (κ2) is 5.54. The summed E-state index contributed by atoms with van der Waals surface area (Å²) in [5, 5.41) is 0. The highest BCUT2D eigenvalue weighted by Crippen LogP contribution is 2.48. The van der Waals surface area contributed by atoms with Crippen LogP contribution in [0, 0.1) is 10.8 Å². The summed E-state index contributed by atoms with van der Waals surface area (Å²) in [7, 11) is 0. The van der Waals surface area contributed by atoms with Crippen molar-refractivity contribution >= 4 is 17.2 Å². The summed E-state index contributed by atoms with van der Waals surface area (Å²) in [5.41, 5.74) is 4.10. The molecule has 3 nitrogen and oxygen atoms in total. The van der Waals surface area contributed by atoms with Crippen LogP contribution in [0.1, 0.15) is 46.1 Å². The minimum atomic E-state index is 0.213. The van der Waals surface area contributed by atoms with E-state index in [1.54, 1.807) is 0 Å². The van der Waals surface area contributed by atoms with Gasteiger partial charge in [-0.25, -0.2) is 4.99 Å². The quantitative estimate of drug-likeness (QED) is 0.773. The highest BCUT2D eigenvalue weighted by Gasteiger charge is 2.34. The van der Waals surface area contributed by atoms with Crippen LogP contribution in [0.4, 0.5) is 5.69 Å². The molecule has 1 saturated heterocycles. The zero-order valence-corrected chi connectivity index (χ0v) is 14.0. The standard InChI is InChI=1S/C19H25NO2/c1-18(2)9-14(10-19(3,4)12-18)15-7-5-6-8-16(15)20-17-11-21-13-22-17/h5-9H,10-13H2,1-4H3. The van der Waals surface area contributed by atoms with Crippen LogP contribution in [0.5, 0.6) is 0 Å². The van der Waals surface area contributed by atoms with E-state index >= 15 is 0 Å². The monoisotopic (exact) mass is 299 g/mol. The first-order valence-corrected chi connectivity index (χ1v) is 7.94. The fourth-order valence-corrected chi connectivity index (χ4v) is 3.88. The van der Waals surface area contributed by atoms with Gasteiger partial charge < -0.3 is 9.47 Å². The largest absolute Gasteiger partial charge is 0.452 e. The second-order valence-corrected chi connectivity index (χ2v) is 7.81. The summed E-state index contributed by atoms with van der Waals surface area (Å²) < 4.78 is 10.6. The summed E-state index contributed by atoms with van der Waals surface area (Å²) >= 11 is 0. The number of hydrogen-bond donors (Lipinski definition) is 0. The van der Waals surface area contributed by atoms with Crippen molar-refractivity contribution in [1.82, 2.24) is 0 Å². The van der Waals surface area contributed by atoms with E-state index in [2.05, 4.69) is 57.0 Å². The van der Waals surface area contributed by atoms with E-state index < -0.39 is 0 Å². The first-order valence-electron chi connectivity index (χ1n) is 7.94. The van der Waals surface area contributed by atoms with E-state index in [0.29, 0.717) is 24.7 Å². The zero-order valence-electron chi connectivity index (χ0n) is 14.0. The number of aliphatic imine (C=N–C) groups is 1. The number of para-hydroxylation sites is 1. The molecule has 1 aliphatic heterocycles. The molecule has 0 atom stereocenters. The molecule has 0 aromatic heterocycles. The fraction of sp³-hybridized carbons (Fsp3) is 0.526. The van der Waals surface area contributed by atoms with Gasteiger partial charge in [-0.15, -0.1) is 0 Å². The molecule has 0 radical (unpaired) electrons. The van der Waals surface area contributed by atoms with Crippen LogP contribution in [0.2, 0.25) is 0 Å². The molecule has 2 aliphatic rings. The minimum Gasteiger partial charge on any atom is -0.452 e. The lowest BCUT2D eigenvalue weighted by Crippen LogP contribution is -2.26. The molecule has 0 N–H and O–H groups in total. The molecule has 0 amide bonds. The van der Waals surface area contributed by atoms with Gasteiger partial charge in [-0.05, 0) is 35.3 Å². The fourth-order valence-electron chi connectivity index (χ4n) is 3.88. The van der Waals surface area contributed by atoms with Crippen molar-refractivity contribution in [2.24, 2.45) is 15.8 Å². The Balaban J connectivity index is 2.01. The van der Waals surface area contributed by atoms with E-state index in [4.69, 9.17) is 9.47 Å². The second-order valence-electron chi connectivity index (χ2n) is 7.81. The lowest BCUT2D eigenvalue weighted by atomic mass is 9.65. The van der Waals surface area contributed by atoms with Crippen LogP contribution in [0.15, 0.2) is 35.3 Å². The summed E-state index contributed by atoms with van der Waals surface area (Å²) in [6.07, 6.45) is 4.70. The van der Waals surface area contributed by atoms with Crippen molar-refractivity contribution in [3.63, 3.8) is 0 Å². The number of benzene rings is 1. The Morgan fingerprint density at radius 2 is 1.86 bits per heavy atom. The van der Waals surface area contributed by atoms with Gasteiger partial charge in [-0.1, -0.05) is 52.0 Å². The Morgan fingerprint density at radius 1 is 1.09 bits per heavy atom. The van der Waals surface area contributed by atoms with Crippen molar-refractivity contribution in [2.75, 3.05) is 13.4 Å². The molecule has 3 rings (SSSR count). The van der Waals surface area contributed by atoms with Gasteiger partial charge in [0.1, 0.15) is 6.61 Å². The van der Waals surface area contributed by atoms with Crippen molar-refractivity contribution < 1.29 is 9.47 Å². The lowest BCUT2D eigenvalue weighted by Gasteiger charge is -2.39. The number of rotatable bonds is 2. The maximum atomic E-state index is 5.39. The van der Waals surface area contributed by atoms with Gasteiger partial charge in [0.2, 0.25) is 5.90 Å². The van der Waals surface area contributed by atoms with Gasteiger partial charge >= 0.3 is 0 Å². The molecular weight excluding hydrogens is 274 g/mol. The zero-order chi connectivity index (χ0) is 15.8. The van der Waals surface area contributed by atoms with Crippen molar-refractivity contribution in [1.29, 1.82) is 0 Å². The third-order valence-corrected chi connectivity index (χ3v) is 4.20. The van der Waals surface area contributed by atoms with Crippen molar-refractivity contribution in [2.45, 2.75) is 40.5 Å². The first-order chi connectivity index (χ1) is 10.3. The summed E-state index contributed by atoms with van der Waals surface area (Å²) in [6.45, 7) is 10.1. The van der Waals surface area contributed by atoms with Gasteiger partial charge in [0.05, 0.1) is 5.69 Å². The molecule has 0 spiro atoms. The molecule has 1 aromatic rings. The molecule has 1 aliphatic carbocycles. The van der Waals surface area contributed by atoms with Gasteiger partial charge in [-0.3, -0.25) is 0 Å². The van der Waals surface area contributed by atoms with E-state index in [0.717, 1.165) is 12.1 Å². The summed E-state index contributed by atoms with van der Waals surface area (Å²) in [6, 6.07) is 8.33. The Bertz CT molecular complexity index is 618. The predicted octanol–water partition coefficient (Wildman–Crippen LogP) is 4.95. The Kier molecular flexibility index (Phi) is 3.85. The van der Waals surface area contributed by atoms with Gasteiger partial charge in [0, 0.05) is 5.56 Å². The Morgan fingerprint density at radius 3 is 2.55 bits per heavy atom. The maximum absolute atomic E-state index is 5.39. The van der Waals surface area contributed by atoms with Crippen molar-refractivity contribution in [3.8, 4) is 0 Å². The molecule has 118 valence electrons. The number of nitrogens with zero attached hydrogens (tertiary/aromatic N) is 1. The summed E-state index contributed by atoms with van der Waals surface area (Å²) in [5.74, 6) is 0.669. The van der Waals surface area contributed by atoms with Crippen molar-refractivity contribution in [3.05, 3.63) is 35.9 Å². The average molecular weight is 299 g/mol. The molecule has 1 heterocycles. The topological polar surface area (TPSA) is 30.8 Å². The number of ether oxygens (including phenoxy) is 2. The molecule has 1 fully saturated rings. The molecular formula is C19H25NO2. The third kappa shape index (κ3) is 3.41. The molecule has 3 heteroatoms. The third-order valence-electron chi connectivity index (χ3n) is 4.20. The van der Waals surface area contributed by atoms with Gasteiger partial charge in [0.15, 0.2) is 6.79 Å². The molecule has 22 heavy (non-hydrogen) atoms. The normalized spacial score (nSPS) is 24.9. The molecule has 0 unspecified atom stereocenters. The first kappa shape index (κ1) is 15.3. The van der Waals surface area contributed by atoms with E-state index in [-0.39, 0.29) is 5.41 Å². The molecule has 0 saturated carbocycles. The van der Waals surface area contributed by atoms with Gasteiger partial charge in [0.25, 0.3) is 0 Å². The average Bonchev–Trinajstić information content (AvgIpc) is 2.88. The maximum Gasteiger partial charge on any atom is 0.217 e. The predicted molar refractivity (Wildman–Crippen MR) is 90.2 cm³/mol. The van der Waals surface area contributed by atoms with Crippen LogP contribution >= 0.6 is 0 Å². The highest BCUT2D eigenvalue weighted by atomic mass is 16.7. The smallest absolute Gasteiger partial charge is 0.217 e. The van der Waals surface area contributed by atoms with E-state index in [1.807, 2.05) is 6.07 Å². The van der Waals surface area contributed by atoms with Gasteiger partial charge in [-0.2, -0.15) is 0 Å². The van der Waals surface area contributed by atoms with Crippen LogP contribution in [0.25, 0.3) is 5.57 Å². The Labute approximate surface area is 133 Å². The van der Waals surface area contributed by atoms with Crippen LogP contribution < -0.4 is 0 Å². The number of hydrogen-bond acceptors (Lipinski definition) is 3.